The zero-order valence-corrected chi connectivity index (χ0v) is 10.9. The molecule has 0 unspecified atom stereocenters. The fourth-order valence-corrected chi connectivity index (χ4v) is 2.00. The molecule has 19 heavy (non-hydrogen) atoms. The van der Waals surface area contributed by atoms with Crippen LogP contribution in [0.4, 0.5) is 5.82 Å². The number of nitrogens with zero attached hydrogens (tertiary/aromatic N) is 3. The first-order valence-electron chi connectivity index (χ1n) is 6.47. The van der Waals surface area contributed by atoms with Crippen molar-refractivity contribution in [2.75, 3.05) is 5.32 Å². The molecule has 0 radical (unpaired) electrons. The van der Waals surface area contributed by atoms with Crippen LogP contribution in [0.3, 0.4) is 0 Å². The van der Waals surface area contributed by atoms with E-state index in [1.54, 1.807) is 10.7 Å². The minimum Gasteiger partial charge on any atom is -0.366 e. The van der Waals surface area contributed by atoms with Gasteiger partial charge in [-0.1, -0.05) is 31.2 Å². The van der Waals surface area contributed by atoms with E-state index in [9.17, 15) is 0 Å². The number of rotatable bonds is 4. The first-order chi connectivity index (χ1) is 9.35. The van der Waals surface area contributed by atoms with Crippen molar-refractivity contribution < 1.29 is 0 Å². The molecule has 0 spiro atoms. The minimum absolute atomic E-state index is 0.779. The monoisotopic (exact) mass is 252 g/mol. The summed E-state index contributed by atoms with van der Waals surface area (Å²) in [6.07, 6.45) is 4.73. The average molecular weight is 252 g/mol. The van der Waals surface area contributed by atoms with Crippen molar-refractivity contribution >= 4 is 11.5 Å². The van der Waals surface area contributed by atoms with Crippen LogP contribution in [0.25, 0.3) is 5.65 Å². The van der Waals surface area contributed by atoms with Crippen molar-refractivity contribution in [1.82, 2.24) is 14.6 Å². The lowest BCUT2D eigenvalue weighted by molar-refractivity contribution is 0.936. The van der Waals surface area contributed by atoms with Crippen LogP contribution in [0, 0.1) is 0 Å². The lowest BCUT2D eigenvalue weighted by Gasteiger charge is -2.06. The highest BCUT2D eigenvalue weighted by atomic mass is 15.2. The van der Waals surface area contributed by atoms with Gasteiger partial charge in [0, 0.05) is 18.8 Å². The van der Waals surface area contributed by atoms with Gasteiger partial charge in [0.2, 0.25) is 0 Å². The van der Waals surface area contributed by atoms with Gasteiger partial charge in [0.15, 0.2) is 5.65 Å². The first-order valence-corrected chi connectivity index (χ1v) is 6.47. The molecule has 3 aromatic rings. The van der Waals surface area contributed by atoms with Crippen LogP contribution in [0.5, 0.6) is 0 Å². The lowest BCUT2D eigenvalue weighted by atomic mass is 10.1. The van der Waals surface area contributed by atoms with Gasteiger partial charge in [0.05, 0.1) is 6.20 Å². The molecule has 0 bridgehead atoms. The predicted octanol–water partition coefficient (Wildman–Crippen LogP) is 2.90. The molecule has 4 nitrogen and oxygen atoms in total. The van der Waals surface area contributed by atoms with Gasteiger partial charge in [-0.2, -0.15) is 5.10 Å². The van der Waals surface area contributed by atoms with Gasteiger partial charge in [0.25, 0.3) is 0 Å². The molecular formula is C15H16N4. The Hall–Kier alpha value is -2.36. The Labute approximate surface area is 112 Å². The van der Waals surface area contributed by atoms with Crippen molar-refractivity contribution in [3.05, 3.63) is 59.9 Å². The van der Waals surface area contributed by atoms with Crippen LogP contribution in [0.2, 0.25) is 0 Å². The summed E-state index contributed by atoms with van der Waals surface area (Å²) in [6.45, 7) is 2.94. The SMILES string of the molecule is CCc1ccc(CNc2ccn3nccc3n2)cc1. The van der Waals surface area contributed by atoms with E-state index < -0.39 is 0 Å². The van der Waals surface area contributed by atoms with E-state index in [0.29, 0.717) is 0 Å². The van der Waals surface area contributed by atoms with Crippen molar-refractivity contribution in [1.29, 1.82) is 0 Å². The second-order valence-electron chi connectivity index (χ2n) is 4.47. The number of anilines is 1. The normalized spacial score (nSPS) is 10.8. The fraction of sp³-hybridized carbons (Fsp3) is 0.200. The number of benzene rings is 1. The van der Waals surface area contributed by atoms with Crippen LogP contribution < -0.4 is 5.32 Å². The third-order valence-corrected chi connectivity index (χ3v) is 3.16. The summed E-state index contributed by atoms with van der Waals surface area (Å²) in [5.41, 5.74) is 3.47. The van der Waals surface area contributed by atoms with E-state index in [2.05, 4.69) is 46.6 Å². The van der Waals surface area contributed by atoms with Gasteiger partial charge in [-0.3, -0.25) is 0 Å². The molecule has 0 saturated heterocycles. The largest absolute Gasteiger partial charge is 0.366 e. The Balaban J connectivity index is 1.70. The summed E-state index contributed by atoms with van der Waals surface area (Å²) in [6, 6.07) is 12.5. The molecule has 0 amide bonds. The summed E-state index contributed by atoms with van der Waals surface area (Å²) >= 11 is 0. The lowest BCUT2D eigenvalue weighted by Crippen LogP contribution is -2.02. The van der Waals surface area contributed by atoms with Gasteiger partial charge in [-0.05, 0) is 23.6 Å². The minimum atomic E-state index is 0.779. The van der Waals surface area contributed by atoms with E-state index >= 15 is 0 Å². The van der Waals surface area contributed by atoms with Crippen molar-refractivity contribution in [3.8, 4) is 0 Å². The van der Waals surface area contributed by atoms with Crippen LogP contribution in [0.15, 0.2) is 48.8 Å². The van der Waals surface area contributed by atoms with E-state index in [4.69, 9.17) is 0 Å². The van der Waals surface area contributed by atoms with Gasteiger partial charge < -0.3 is 5.32 Å². The molecule has 2 heterocycles. The summed E-state index contributed by atoms with van der Waals surface area (Å²) in [5, 5.41) is 7.45. The molecule has 1 aromatic carbocycles. The van der Waals surface area contributed by atoms with E-state index in [1.165, 1.54) is 11.1 Å². The second kappa shape index (κ2) is 5.10. The zero-order valence-electron chi connectivity index (χ0n) is 10.9. The van der Waals surface area contributed by atoms with Crippen molar-refractivity contribution in [2.45, 2.75) is 19.9 Å². The third kappa shape index (κ3) is 2.57. The predicted molar refractivity (Wildman–Crippen MR) is 76.1 cm³/mol. The molecule has 1 N–H and O–H groups in total. The molecule has 2 aromatic heterocycles. The topological polar surface area (TPSA) is 42.2 Å². The molecule has 3 rings (SSSR count). The highest BCUT2D eigenvalue weighted by molar-refractivity contribution is 5.45. The van der Waals surface area contributed by atoms with Crippen LogP contribution in [-0.2, 0) is 13.0 Å². The van der Waals surface area contributed by atoms with Gasteiger partial charge in [-0.15, -0.1) is 0 Å². The molecule has 0 aliphatic heterocycles. The van der Waals surface area contributed by atoms with Gasteiger partial charge in [0.1, 0.15) is 5.82 Å². The number of hydrogen-bond donors (Lipinski definition) is 1. The Kier molecular flexibility index (Phi) is 3.14. The maximum absolute atomic E-state index is 4.47. The Bertz CT molecular complexity index is 670. The quantitative estimate of drug-likeness (QED) is 0.776. The highest BCUT2D eigenvalue weighted by Gasteiger charge is 1.99. The third-order valence-electron chi connectivity index (χ3n) is 3.16. The molecule has 0 atom stereocenters. The summed E-state index contributed by atoms with van der Waals surface area (Å²) < 4.78 is 1.75. The maximum atomic E-state index is 4.47. The van der Waals surface area contributed by atoms with Crippen molar-refractivity contribution in [2.24, 2.45) is 0 Å². The smallest absolute Gasteiger partial charge is 0.157 e. The number of aryl methyl sites for hydroxylation is 1. The average Bonchev–Trinajstić information content (AvgIpc) is 2.93. The highest BCUT2D eigenvalue weighted by Crippen LogP contribution is 2.09. The standard InChI is InChI=1S/C15H16N4/c1-2-12-3-5-13(6-4-12)11-16-14-8-10-19-15(18-14)7-9-17-19/h3-10H,2,11H2,1H3,(H,16,18). The van der Waals surface area contributed by atoms with Crippen LogP contribution >= 0.6 is 0 Å². The molecular weight excluding hydrogens is 236 g/mol. The molecule has 0 fully saturated rings. The van der Waals surface area contributed by atoms with Gasteiger partial charge in [-0.25, -0.2) is 9.50 Å². The number of aromatic nitrogens is 3. The zero-order chi connectivity index (χ0) is 13.1. The number of hydrogen-bond acceptors (Lipinski definition) is 3. The molecule has 4 heteroatoms. The Morgan fingerprint density at radius 2 is 1.84 bits per heavy atom. The van der Waals surface area contributed by atoms with E-state index in [1.807, 2.05) is 18.3 Å². The van der Waals surface area contributed by atoms with Gasteiger partial charge >= 0.3 is 0 Å². The summed E-state index contributed by atoms with van der Waals surface area (Å²) in [5.74, 6) is 0.868. The van der Waals surface area contributed by atoms with E-state index in [0.717, 1.165) is 24.4 Å². The van der Waals surface area contributed by atoms with Crippen molar-refractivity contribution in [3.63, 3.8) is 0 Å². The number of nitrogens with one attached hydrogen (secondary N) is 1. The Morgan fingerprint density at radius 3 is 2.63 bits per heavy atom. The Morgan fingerprint density at radius 1 is 1.05 bits per heavy atom. The molecule has 0 aliphatic rings. The number of fused-ring (bicyclic) bond motifs is 1. The molecule has 96 valence electrons. The van der Waals surface area contributed by atoms with Crippen LogP contribution in [-0.4, -0.2) is 14.6 Å². The van der Waals surface area contributed by atoms with E-state index in [-0.39, 0.29) is 0 Å². The maximum Gasteiger partial charge on any atom is 0.157 e. The molecule has 0 aliphatic carbocycles. The fourth-order valence-electron chi connectivity index (χ4n) is 2.00. The molecule has 0 saturated carbocycles. The summed E-state index contributed by atoms with van der Waals surface area (Å²) in [7, 11) is 0. The summed E-state index contributed by atoms with van der Waals surface area (Å²) in [4.78, 5) is 4.47. The first kappa shape index (κ1) is 11.7. The second-order valence-corrected chi connectivity index (χ2v) is 4.47. The van der Waals surface area contributed by atoms with Crippen LogP contribution in [0.1, 0.15) is 18.1 Å².